The molecule has 7 heteroatoms. The van der Waals surface area contributed by atoms with Gasteiger partial charge < -0.3 is 5.73 Å². The molecule has 0 aliphatic carbocycles. The van der Waals surface area contributed by atoms with Crippen LogP contribution in [0.4, 0.5) is 0 Å². The van der Waals surface area contributed by atoms with Crippen molar-refractivity contribution in [2.24, 2.45) is 5.73 Å². The lowest BCUT2D eigenvalue weighted by molar-refractivity contribution is 1.01. The van der Waals surface area contributed by atoms with Gasteiger partial charge in [-0.05, 0) is 28.1 Å². The molecule has 0 aliphatic heterocycles. The van der Waals surface area contributed by atoms with Crippen LogP contribution in [0.3, 0.4) is 0 Å². The number of nitrogens with zero attached hydrogens (tertiary/aromatic N) is 2. The molecule has 2 heterocycles. The van der Waals surface area contributed by atoms with E-state index in [1.54, 1.807) is 12.3 Å². The Bertz CT molecular complexity index is 640. The van der Waals surface area contributed by atoms with Crippen molar-refractivity contribution in [1.29, 1.82) is 5.41 Å². The number of thioether (sulfide) groups is 1. The summed E-state index contributed by atoms with van der Waals surface area (Å²) in [4.78, 5) is 16.1. The highest BCUT2D eigenvalue weighted by Crippen LogP contribution is 2.12. The van der Waals surface area contributed by atoms with Crippen LogP contribution < -0.4 is 11.3 Å². The standard InChI is InChI=1S/C10H9BrN4OS/c11-6-1-2-8-14-7(5-17-10(12)13)3-9(16)15(8)4-6/h1-4H,5H2,(H3,12,13). The highest BCUT2D eigenvalue weighted by molar-refractivity contribution is 9.10. The number of rotatable bonds is 2. The molecule has 5 nitrogen and oxygen atoms in total. The Hall–Kier alpha value is -1.34. The molecule has 0 radical (unpaired) electrons. The fourth-order valence-corrected chi connectivity index (χ4v) is 2.14. The number of pyridine rings is 1. The number of fused-ring (bicyclic) bond motifs is 1. The van der Waals surface area contributed by atoms with Crippen LogP contribution in [0.2, 0.25) is 0 Å². The third kappa shape index (κ3) is 2.86. The van der Waals surface area contributed by atoms with Crippen LogP contribution in [0.15, 0.2) is 33.7 Å². The first kappa shape index (κ1) is 12.1. The van der Waals surface area contributed by atoms with E-state index in [9.17, 15) is 4.79 Å². The Kier molecular flexibility index (Phi) is 3.49. The Balaban J connectivity index is 2.45. The highest BCUT2D eigenvalue weighted by Gasteiger charge is 2.03. The molecule has 2 aromatic heterocycles. The summed E-state index contributed by atoms with van der Waals surface area (Å²) in [6, 6.07) is 5.03. The van der Waals surface area contributed by atoms with Gasteiger partial charge in [-0.25, -0.2) is 4.98 Å². The number of nitrogens with one attached hydrogen (secondary N) is 1. The summed E-state index contributed by atoms with van der Waals surface area (Å²) in [6.45, 7) is 0. The van der Waals surface area contributed by atoms with Gasteiger partial charge in [0, 0.05) is 22.5 Å². The van der Waals surface area contributed by atoms with Gasteiger partial charge >= 0.3 is 0 Å². The fraction of sp³-hybridized carbons (Fsp3) is 0.100. The molecule has 0 saturated heterocycles. The van der Waals surface area contributed by atoms with E-state index in [4.69, 9.17) is 11.1 Å². The van der Waals surface area contributed by atoms with E-state index in [0.717, 1.165) is 16.2 Å². The number of hydrogen-bond donors (Lipinski definition) is 2. The highest BCUT2D eigenvalue weighted by atomic mass is 79.9. The van der Waals surface area contributed by atoms with E-state index < -0.39 is 0 Å². The van der Waals surface area contributed by atoms with E-state index in [2.05, 4.69) is 20.9 Å². The summed E-state index contributed by atoms with van der Waals surface area (Å²) in [5.41, 5.74) is 6.30. The lowest BCUT2D eigenvalue weighted by Crippen LogP contribution is -2.15. The topological polar surface area (TPSA) is 84.2 Å². The van der Waals surface area contributed by atoms with Gasteiger partial charge in [-0.1, -0.05) is 11.8 Å². The number of hydrogen-bond acceptors (Lipinski definition) is 4. The SMILES string of the molecule is N=C(N)SCc1cc(=O)n2cc(Br)ccc2n1. The van der Waals surface area contributed by atoms with E-state index >= 15 is 0 Å². The first-order valence-corrected chi connectivity index (χ1v) is 6.49. The zero-order chi connectivity index (χ0) is 12.4. The minimum Gasteiger partial charge on any atom is -0.379 e. The summed E-state index contributed by atoms with van der Waals surface area (Å²) in [6.07, 6.45) is 1.67. The zero-order valence-electron chi connectivity index (χ0n) is 8.68. The average molecular weight is 313 g/mol. The molecule has 0 fully saturated rings. The van der Waals surface area contributed by atoms with Gasteiger partial charge in [0.05, 0.1) is 5.69 Å². The van der Waals surface area contributed by atoms with Crippen LogP contribution in [-0.4, -0.2) is 14.6 Å². The van der Waals surface area contributed by atoms with Crippen LogP contribution in [0.5, 0.6) is 0 Å². The van der Waals surface area contributed by atoms with E-state index in [1.165, 1.54) is 10.5 Å². The van der Waals surface area contributed by atoms with Crippen molar-refractivity contribution in [3.8, 4) is 0 Å². The molecule has 0 bridgehead atoms. The summed E-state index contributed by atoms with van der Waals surface area (Å²) in [5.74, 6) is 0.428. The summed E-state index contributed by atoms with van der Waals surface area (Å²) in [5, 5.41) is 7.13. The van der Waals surface area contributed by atoms with Crippen LogP contribution >= 0.6 is 27.7 Å². The van der Waals surface area contributed by atoms with Gasteiger partial charge in [-0.2, -0.15) is 0 Å². The van der Waals surface area contributed by atoms with Crippen molar-refractivity contribution >= 4 is 38.5 Å². The Labute approximate surface area is 110 Å². The van der Waals surface area contributed by atoms with Crippen molar-refractivity contribution in [1.82, 2.24) is 9.38 Å². The lowest BCUT2D eigenvalue weighted by Gasteiger charge is -2.03. The second kappa shape index (κ2) is 4.89. The Morgan fingerprint density at radius 2 is 2.35 bits per heavy atom. The molecule has 0 saturated carbocycles. The van der Waals surface area contributed by atoms with Crippen molar-refractivity contribution in [3.05, 3.63) is 44.9 Å². The maximum absolute atomic E-state index is 11.8. The largest absolute Gasteiger partial charge is 0.379 e. The van der Waals surface area contributed by atoms with Crippen molar-refractivity contribution in [2.75, 3.05) is 0 Å². The fourth-order valence-electron chi connectivity index (χ4n) is 1.35. The maximum Gasteiger partial charge on any atom is 0.258 e. The van der Waals surface area contributed by atoms with Crippen LogP contribution in [0, 0.1) is 5.41 Å². The number of aromatic nitrogens is 2. The van der Waals surface area contributed by atoms with Gasteiger partial charge in [0.15, 0.2) is 5.17 Å². The first-order valence-electron chi connectivity index (χ1n) is 4.71. The molecule has 17 heavy (non-hydrogen) atoms. The van der Waals surface area contributed by atoms with Crippen molar-refractivity contribution in [3.63, 3.8) is 0 Å². The zero-order valence-corrected chi connectivity index (χ0v) is 11.1. The first-order chi connectivity index (χ1) is 8.06. The van der Waals surface area contributed by atoms with E-state index in [0.29, 0.717) is 17.1 Å². The summed E-state index contributed by atoms with van der Waals surface area (Å²) < 4.78 is 2.28. The predicted molar refractivity (Wildman–Crippen MR) is 72.4 cm³/mol. The molecule has 2 aromatic rings. The third-order valence-corrected chi connectivity index (χ3v) is 3.27. The molecular formula is C10H9BrN4OS. The molecule has 88 valence electrons. The predicted octanol–water partition coefficient (Wildman–Crippen LogP) is 1.58. The average Bonchev–Trinajstić information content (AvgIpc) is 2.27. The quantitative estimate of drug-likeness (QED) is 0.651. The molecule has 0 atom stereocenters. The molecule has 3 N–H and O–H groups in total. The van der Waals surface area contributed by atoms with Crippen LogP contribution in [0.1, 0.15) is 5.69 Å². The van der Waals surface area contributed by atoms with E-state index in [-0.39, 0.29) is 10.7 Å². The second-order valence-corrected chi connectivity index (χ2v) is 5.25. The van der Waals surface area contributed by atoms with Gasteiger partial charge in [0.25, 0.3) is 5.56 Å². The Morgan fingerprint density at radius 3 is 3.06 bits per heavy atom. The molecule has 0 spiro atoms. The van der Waals surface area contributed by atoms with Crippen molar-refractivity contribution < 1.29 is 0 Å². The lowest BCUT2D eigenvalue weighted by atomic mass is 10.4. The van der Waals surface area contributed by atoms with Crippen LogP contribution in [0.25, 0.3) is 5.65 Å². The normalized spacial score (nSPS) is 10.6. The molecule has 0 amide bonds. The Morgan fingerprint density at radius 1 is 1.59 bits per heavy atom. The number of nitrogens with two attached hydrogens (primary N) is 1. The smallest absolute Gasteiger partial charge is 0.258 e. The van der Waals surface area contributed by atoms with E-state index in [1.807, 2.05) is 6.07 Å². The summed E-state index contributed by atoms with van der Waals surface area (Å²) >= 11 is 4.44. The molecular weight excluding hydrogens is 304 g/mol. The molecule has 0 aromatic carbocycles. The van der Waals surface area contributed by atoms with Crippen molar-refractivity contribution in [2.45, 2.75) is 5.75 Å². The monoisotopic (exact) mass is 312 g/mol. The minimum atomic E-state index is -0.143. The molecule has 0 unspecified atom stereocenters. The molecule has 0 aliphatic rings. The third-order valence-electron chi connectivity index (χ3n) is 2.05. The van der Waals surface area contributed by atoms with Gasteiger partial charge in [0.1, 0.15) is 5.65 Å². The molecule has 2 rings (SSSR count). The van der Waals surface area contributed by atoms with Gasteiger partial charge in [-0.3, -0.25) is 14.6 Å². The minimum absolute atomic E-state index is 0.0165. The second-order valence-electron chi connectivity index (χ2n) is 3.31. The number of amidine groups is 1. The maximum atomic E-state index is 11.8. The summed E-state index contributed by atoms with van der Waals surface area (Å²) in [7, 11) is 0. The number of halogens is 1. The van der Waals surface area contributed by atoms with Crippen LogP contribution in [-0.2, 0) is 5.75 Å². The van der Waals surface area contributed by atoms with Gasteiger partial charge in [0.2, 0.25) is 0 Å². The van der Waals surface area contributed by atoms with Gasteiger partial charge in [-0.15, -0.1) is 0 Å².